The van der Waals surface area contributed by atoms with E-state index >= 15 is 0 Å². The zero-order valence-electron chi connectivity index (χ0n) is 10.5. The second-order valence-electron chi connectivity index (χ2n) is 4.61. The lowest BCUT2D eigenvalue weighted by Gasteiger charge is -2.23. The molecule has 2 N–H and O–H groups in total. The van der Waals surface area contributed by atoms with Crippen molar-refractivity contribution in [2.75, 3.05) is 12.3 Å². The van der Waals surface area contributed by atoms with Crippen molar-refractivity contribution in [3.8, 4) is 0 Å². The Hall–Kier alpha value is -0.500. The Morgan fingerprint density at radius 1 is 1.56 bits per heavy atom. The Morgan fingerprint density at radius 2 is 2.39 bits per heavy atom. The molecular formula is C11H19N3O2S2. The number of thiazole rings is 1. The van der Waals surface area contributed by atoms with Crippen molar-refractivity contribution in [1.29, 1.82) is 0 Å². The molecule has 7 heteroatoms. The fourth-order valence-corrected chi connectivity index (χ4v) is 3.98. The summed E-state index contributed by atoms with van der Waals surface area (Å²) < 4.78 is 26.4. The lowest BCUT2D eigenvalue weighted by Crippen LogP contribution is -2.42. The summed E-state index contributed by atoms with van der Waals surface area (Å²) >= 11 is 1.53. The van der Waals surface area contributed by atoms with Gasteiger partial charge in [0.2, 0.25) is 10.0 Å². The summed E-state index contributed by atoms with van der Waals surface area (Å²) in [5.41, 5.74) is 0.790. The highest BCUT2D eigenvalue weighted by atomic mass is 32.2. The highest BCUT2D eigenvalue weighted by molar-refractivity contribution is 7.89. The third-order valence-corrected chi connectivity index (χ3v) is 5.22. The van der Waals surface area contributed by atoms with Crippen LogP contribution in [-0.4, -0.2) is 31.7 Å². The summed E-state index contributed by atoms with van der Waals surface area (Å²) in [4.78, 5) is 4.24. The van der Waals surface area contributed by atoms with Gasteiger partial charge in [0.05, 0.1) is 23.0 Å². The molecule has 2 heterocycles. The fraction of sp³-hybridized carbons (Fsp3) is 0.727. The number of aromatic nitrogens is 1. The molecule has 1 fully saturated rings. The second-order valence-corrected chi connectivity index (χ2v) is 7.52. The number of aryl methyl sites for hydroxylation is 1. The molecule has 0 radical (unpaired) electrons. The van der Waals surface area contributed by atoms with Crippen molar-refractivity contribution < 1.29 is 8.42 Å². The van der Waals surface area contributed by atoms with Crippen LogP contribution >= 0.6 is 11.3 Å². The molecule has 2 rings (SSSR count). The van der Waals surface area contributed by atoms with Crippen molar-refractivity contribution in [3.05, 3.63) is 16.1 Å². The molecule has 1 saturated heterocycles. The van der Waals surface area contributed by atoms with E-state index < -0.39 is 10.0 Å². The molecular weight excluding hydrogens is 270 g/mol. The minimum Gasteiger partial charge on any atom is -0.313 e. The Labute approximate surface area is 112 Å². The van der Waals surface area contributed by atoms with Gasteiger partial charge in [-0.15, -0.1) is 11.3 Å². The van der Waals surface area contributed by atoms with Crippen LogP contribution in [0, 0.1) is 6.92 Å². The van der Waals surface area contributed by atoms with Gasteiger partial charge in [0.25, 0.3) is 0 Å². The number of rotatable bonds is 5. The number of piperidine rings is 1. The topological polar surface area (TPSA) is 71.1 Å². The number of nitrogens with one attached hydrogen (secondary N) is 2. The summed E-state index contributed by atoms with van der Waals surface area (Å²) in [6, 6.07) is 0.0911. The Kier molecular flexibility index (Phi) is 4.71. The van der Waals surface area contributed by atoms with Gasteiger partial charge in [-0.2, -0.15) is 0 Å². The van der Waals surface area contributed by atoms with Crippen LogP contribution in [0.25, 0.3) is 0 Å². The van der Waals surface area contributed by atoms with E-state index in [2.05, 4.69) is 15.0 Å². The van der Waals surface area contributed by atoms with Crippen LogP contribution in [0.2, 0.25) is 0 Å². The molecule has 1 unspecified atom stereocenters. The predicted octanol–water partition coefficient (Wildman–Crippen LogP) is 1.01. The molecule has 0 saturated carbocycles. The maximum atomic E-state index is 11.9. The quantitative estimate of drug-likeness (QED) is 0.849. The van der Waals surface area contributed by atoms with Gasteiger partial charge in [0, 0.05) is 11.4 Å². The Bertz CT molecular complexity index is 478. The molecule has 1 aliphatic rings. The van der Waals surface area contributed by atoms with Crippen molar-refractivity contribution in [2.45, 2.75) is 38.8 Å². The second kappa shape index (κ2) is 6.10. The van der Waals surface area contributed by atoms with Crippen molar-refractivity contribution in [3.63, 3.8) is 0 Å². The zero-order valence-corrected chi connectivity index (χ0v) is 12.1. The molecule has 1 atom stereocenters. The summed E-state index contributed by atoms with van der Waals surface area (Å²) in [5, 5.41) is 6.09. The number of sulfonamides is 1. The van der Waals surface area contributed by atoms with Gasteiger partial charge in [-0.05, 0) is 26.3 Å². The standard InChI is InChI=1S/C11H19N3O2S2/c1-9-14-11(7-17-9)6-13-18(15,16)8-10-4-2-3-5-12-10/h7,10,12-13H,2-6,8H2,1H3. The van der Waals surface area contributed by atoms with E-state index in [0.29, 0.717) is 6.54 Å². The van der Waals surface area contributed by atoms with Gasteiger partial charge in [0.1, 0.15) is 0 Å². The van der Waals surface area contributed by atoms with E-state index in [1.807, 2.05) is 12.3 Å². The average Bonchev–Trinajstić information content (AvgIpc) is 2.74. The number of hydrogen-bond acceptors (Lipinski definition) is 5. The molecule has 0 aromatic carbocycles. The molecule has 1 aliphatic heterocycles. The third-order valence-electron chi connectivity index (χ3n) is 2.97. The summed E-state index contributed by atoms with van der Waals surface area (Å²) in [6.07, 6.45) is 3.19. The third kappa shape index (κ3) is 4.31. The van der Waals surface area contributed by atoms with Gasteiger partial charge in [-0.25, -0.2) is 18.1 Å². The maximum Gasteiger partial charge on any atom is 0.213 e. The molecule has 1 aromatic rings. The van der Waals surface area contributed by atoms with E-state index in [1.165, 1.54) is 11.3 Å². The highest BCUT2D eigenvalue weighted by Gasteiger charge is 2.20. The number of hydrogen-bond donors (Lipinski definition) is 2. The molecule has 0 spiro atoms. The SMILES string of the molecule is Cc1nc(CNS(=O)(=O)CC2CCCCN2)cs1. The van der Waals surface area contributed by atoms with Crippen LogP contribution in [0.1, 0.15) is 30.0 Å². The zero-order chi connectivity index (χ0) is 13.0. The predicted molar refractivity (Wildman–Crippen MR) is 73.1 cm³/mol. The van der Waals surface area contributed by atoms with Crippen LogP contribution in [-0.2, 0) is 16.6 Å². The summed E-state index contributed by atoms with van der Waals surface area (Å²) in [6.45, 7) is 3.12. The fourth-order valence-electron chi connectivity index (χ4n) is 2.06. The molecule has 1 aromatic heterocycles. The van der Waals surface area contributed by atoms with Crippen LogP contribution in [0.15, 0.2) is 5.38 Å². The van der Waals surface area contributed by atoms with Crippen molar-refractivity contribution in [1.82, 2.24) is 15.0 Å². The van der Waals surface area contributed by atoms with Gasteiger partial charge < -0.3 is 5.32 Å². The smallest absolute Gasteiger partial charge is 0.213 e. The monoisotopic (exact) mass is 289 g/mol. The normalized spacial score (nSPS) is 21.1. The van der Waals surface area contributed by atoms with E-state index in [0.717, 1.165) is 36.5 Å². The van der Waals surface area contributed by atoms with E-state index in [4.69, 9.17) is 0 Å². The first kappa shape index (κ1) is 13.9. The lowest BCUT2D eigenvalue weighted by atomic mass is 10.1. The molecule has 102 valence electrons. The van der Waals surface area contributed by atoms with Crippen molar-refractivity contribution in [2.24, 2.45) is 0 Å². The van der Waals surface area contributed by atoms with Crippen LogP contribution in [0.4, 0.5) is 0 Å². The lowest BCUT2D eigenvalue weighted by molar-refractivity contribution is 0.422. The van der Waals surface area contributed by atoms with Gasteiger partial charge in [-0.3, -0.25) is 0 Å². The minimum atomic E-state index is -3.22. The molecule has 0 bridgehead atoms. The minimum absolute atomic E-state index is 0.0911. The highest BCUT2D eigenvalue weighted by Crippen LogP contribution is 2.10. The van der Waals surface area contributed by atoms with Crippen LogP contribution in [0.3, 0.4) is 0 Å². The largest absolute Gasteiger partial charge is 0.313 e. The maximum absolute atomic E-state index is 11.9. The first-order valence-electron chi connectivity index (χ1n) is 6.17. The molecule has 0 aliphatic carbocycles. The number of nitrogens with zero attached hydrogens (tertiary/aromatic N) is 1. The molecule has 5 nitrogen and oxygen atoms in total. The first-order chi connectivity index (χ1) is 8.55. The van der Waals surface area contributed by atoms with Crippen molar-refractivity contribution >= 4 is 21.4 Å². The van der Waals surface area contributed by atoms with Gasteiger partial charge >= 0.3 is 0 Å². The Morgan fingerprint density at radius 3 is 3.00 bits per heavy atom. The molecule has 18 heavy (non-hydrogen) atoms. The van der Waals surface area contributed by atoms with Crippen LogP contribution in [0.5, 0.6) is 0 Å². The molecule has 0 amide bonds. The van der Waals surface area contributed by atoms with Crippen LogP contribution < -0.4 is 10.0 Å². The van der Waals surface area contributed by atoms with E-state index in [-0.39, 0.29) is 11.8 Å². The van der Waals surface area contributed by atoms with E-state index in [9.17, 15) is 8.42 Å². The average molecular weight is 289 g/mol. The first-order valence-corrected chi connectivity index (χ1v) is 8.70. The van der Waals surface area contributed by atoms with E-state index in [1.54, 1.807) is 0 Å². The summed E-state index contributed by atoms with van der Waals surface area (Å²) in [5.74, 6) is 0.163. The van der Waals surface area contributed by atoms with Gasteiger partial charge in [-0.1, -0.05) is 6.42 Å². The Balaban J connectivity index is 1.83. The van der Waals surface area contributed by atoms with Gasteiger partial charge in [0.15, 0.2) is 0 Å². The summed E-state index contributed by atoms with van der Waals surface area (Å²) in [7, 11) is -3.22.